The van der Waals surface area contributed by atoms with Crippen LogP contribution in [0.25, 0.3) is 127 Å². The largest absolute Gasteiger partial charge is 0.383 e. The summed E-state index contributed by atoms with van der Waals surface area (Å²) >= 11 is 6.64. The highest BCUT2D eigenvalue weighted by molar-refractivity contribution is 6.32. The van der Waals surface area contributed by atoms with Crippen molar-refractivity contribution in [3.63, 3.8) is 0 Å². The number of allylic oxidation sites excluding steroid dienone is 1. The van der Waals surface area contributed by atoms with Crippen LogP contribution in [0, 0.1) is 11.6 Å². The second-order valence-electron chi connectivity index (χ2n) is 36.2. The van der Waals surface area contributed by atoms with E-state index in [1.807, 2.05) is 48.6 Å². The number of para-hydroxylation sites is 1. The summed E-state index contributed by atoms with van der Waals surface area (Å²) in [6.45, 7) is 6.93. The number of rotatable bonds is 16. The Bertz CT molecular complexity index is 8850. The molecule has 0 saturated carbocycles. The van der Waals surface area contributed by atoms with Crippen molar-refractivity contribution in [2.45, 2.75) is 137 Å². The maximum absolute atomic E-state index is 15.2. The minimum atomic E-state index is -0.389. The van der Waals surface area contributed by atoms with Crippen molar-refractivity contribution in [2.24, 2.45) is 0 Å². The summed E-state index contributed by atoms with van der Waals surface area (Å²) in [6, 6.07) is 50.5. The van der Waals surface area contributed by atoms with Gasteiger partial charge in [0.05, 0.1) is 70.5 Å². The van der Waals surface area contributed by atoms with Crippen molar-refractivity contribution >= 4 is 135 Å². The molecule has 24 rings (SSSR count). The number of hydrogen-bond donors (Lipinski definition) is 8. The molecule has 0 saturated heterocycles. The first-order chi connectivity index (χ1) is 66.7. The van der Waals surface area contributed by atoms with E-state index in [0.29, 0.717) is 123 Å². The zero-order valence-electron chi connectivity index (χ0n) is 75.7. The van der Waals surface area contributed by atoms with Gasteiger partial charge in [-0.1, -0.05) is 41.9 Å². The van der Waals surface area contributed by atoms with Crippen LogP contribution < -0.4 is 39.3 Å². The Labute approximate surface area is 789 Å². The van der Waals surface area contributed by atoms with E-state index in [2.05, 4.69) is 93.6 Å². The average Bonchev–Trinajstić information content (AvgIpc) is 1.58. The van der Waals surface area contributed by atoms with Crippen molar-refractivity contribution in [2.75, 3.05) is 11.5 Å². The third-order valence-electron chi connectivity index (χ3n) is 27.6. The standard InChI is InChI=1S/C29H23FN2O3.C28H24N4O2.C27H22ClN5O3.C26H21FN4O2/c1-16(33)28-27(23-6-3-9-31-29(23)35)24-12-17-4-2-5-18(17)14-26(24)32(28)15-21-10-20-11-22(34)8-7-19(20)13-25(21)30;1-16(33)26-25(21-9-5-11-30-28(21)34)22-13-17-7-4-8-18(17)14-24(22)32(26)15-20-12-19-6-2-3-10-23(19)31-27(20)29;1-13(34)24-23(17-6-3-7-30-25(17)35)19-8-14-4-2-5-15(14)10-22(19)33(24)12-16-9-18-21(11-20(16)28)31-27(29)32-26(18)36;1-14(32)25-24(19-6-3-7-28-26(19)33)20-9-15-4-2-5-16(15)10-23(20)31(25)13-18-8-17-12-29-30-22(17)11-21(18)27/h3,6-10,12-14H,2,4-5,11,15H2,1H3,(H,31,35);2-3,5-6,9-14H,4,7-8,15H2,1H3,(H2,29,31)(H,30,34);3,6-11H,2,4-5,12H2,1H3,(H,30,35)(H3,29,31,32,36);3,6-12H,2,4-5,13H2,1H3,(H,28,33)(H,29,30). The van der Waals surface area contributed by atoms with Crippen LogP contribution >= 0.6 is 11.6 Å². The van der Waals surface area contributed by atoms with Gasteiger partial charge >= 0.3 is 0 Å². The van der Waals surface area contributed by atoms with Crippen molar-refractivity contribution < 1.29 is 32.8 Å². The third kappa shape index (κ3) is 15.9. The number of benzene rings is 8. The monoisotopic (exact) mass is 1850 g/mol. The Morgan fingerprint density at radius 1 is 0.384 bits per heavy atom. The summed E-state index contributed by atoms with van der Waals surface area (Å²) in [6.07, 6.45) is 23.5. The molecule has 10 N–H and O–H groups in total. The summed E-state index contributed by atoms with van der Waals surface area (Å²) in [5.74, 6) is -0.968. The summed E-state index contributed by atoms with van der Waals surface area (Å²) in [5, 5.41) is 12.8. The first-order valence-corrected chi connectivity index (χ1v) is 46.4. The minimum absolute atomic E-state index is 0.0122. The molecule has 0 bridgehead atoms. The first kappa shape index (κ1) is 88.2. The maximum atomic E-state index is 15.2. The van der Waals surface area contributed by atoms with Gasteiger partial charge < -0.3 is 49.7 Å². The molecule has 0 fully saturated rings. The smallest absolute Gasteiger partial charge is 0.260 e. The maximum Gasteiger partial charge on any atom is 0.260 e. The Kier molecular flexibility index (Phi) is 22.6. The number of anilines is 2. The molecule has 0 amide bonds. The van der Waals surface area contributed by atoms with E-state index in [4.69, 9.17) is 23.1 Å². The second kappa shape index (κ2) is 35.4. The van der Waals surface area contributed by atoms with Gasteiger partial charge in [-0.25, -0.2) is 18.7 Å². The number of H-pyrrole nitrogens is 6. The Balaban J connectivity index is 0.000000110. The lowest BCUT2D eigenvalue weighted by atomic mass is 9.94. The highest BCUT2D eigenvalue weighted by Crippen LogP contribution is 2.45. The van der Waals surface area contributed by atoms with Gasteiger partial charge in [-0.2, -0.15) is 5.10 Å². The molecule has 11 heterocycles. The molecular weight excluding hydrogens is 1760 g/mol. The minimum Gasteiger partial charge on any atom is -0.383 e. The fraction of sp³-hybridized carbons (Fsp3) is 0.191. The van der Waals surface area contributed by atoms with E-state index in [-0.39, 0.29) is 100 Å². The highest BCUT2D eigenvalue weighted by Gasteiger charge is 2.34. The lowest BCUT2D eigenvalue weighted by Crippen LogP contribution is -2.14. The molecule has 0 radical (unpaired) electrons. The molecule has 0 spiro atoms. The number of pyridine rings is 5. The van der Waals surface area contributed by atoms with Crippen LogP contribution in [0.4, 0.5) is 20.5 Å². The number of aryl methyl sites for hydroxylation is 8. The summed E-state index contributed by atoms with van der Waals surface area (Å²) in [4.78, 5) is 150. The molecule has 686 valence electrons. The van der Waals surface area contributed by atoms with E-state index in [0.717, 1.165) is 148 Å². The summed E-state index contributed by atoms with van der Waals surface area (Å²) in [5.41, 5.74) is 35.8. The van der Waals surface area contributed by atoms with E-state index < -0.39 is 0 Å². The zero-order chi connectivity index (χ0) is 95.5. The lowest BCUT2D eigenvalue weighted by molar-refractivity contribution is -0.114. The number of Topliss-reactive ketones (excluding diaryl/α,β-unsaturated/α-hetero) is 4. The highest BCUT2D eigenvalue weighted by atomic mass is 35.5. The van der Waals surface area contributed by atoms with Crippen LogP contribution in [0.15, 0.2) is 225 Å². The predicted molar refractivity (Wildman–Crippen MR) is 535 cm³/mol. The second-order valence-corrected chi connectivity index (χ2v) is 36.6. The van der Waals surface area contributed by atoms with Crippen molar-refractivity contribution in [1.82, 2.24) is 63.4 Å². The van der Waals surface area contributed by atoms with Crippen LogP contribution in [-0.2, 0) is 88.8 Å². The summed E-state index contributed by atoms with van der Waals surface area (Å²) in [7, 11) is 0. The molecule has 8 aromatic carbocycles. The van der Waals surface area contributed by atoms with Gasteiger partial charge in [0, 0.05) is 186 Å². The number of halogens is 3. The van der Waals surface area contributed by atoms with Gasteiger partial charge in [-0.3, -0.25) is 58.0 Å². The number of carbonyl (C=O) groups is 5. The van der Waals surface area contributed by atoms with E-state index >= 15 is 8.78 Å². The van der Waals surface area contributed by atoms with Crippen molar-refractivity contribution in [3.8, 4) is 44.5 Å². The SMILES string of the molecule is CC(=O)c1c(-c2ccc[nH]c2=O)c2cc3c(cc2n1Cc1cc2c(=O)[nH]c(N)nc2cc1Cl)CCC3.CC(=O)c1c(-c2ccc[nH]c2=O)c2cc3c(cc2n1Cc1cc2c(cc1F)C=CC(=O)C2)CCC3.CC(=O)c1c(-c2ccc[nH]c2=O)c2cc3c(cc2n1Cc1cc2ccccc2nc1N)CCC3.CC(=O)c1c(-c2ccc[nH]c2=O)c2cc3c(cc2n1Cc1cc2cn[nH]c2cc1F)CCC3. The molecular formula is C110H90ClF2N15O10. The topological polar surface area (TPSA) is 376 Å². The Morgan fingerprint density at radius 2 is 0.768 bits per heavy atom. The third-order valence-corrected chi connectivity index (χ3v) is 27.9. The van der Waals surface area contributed by atoms with Crippen LogP contribution in [-0.4, -0.2) is 92.3 Å². The quantitative estimate of drug-likeness (QED) is 0.0417. The number of nitrogens with two attached hydrogens (primary N) is 2. The number of ketones is 5. The number of nitrogens with one attached hydrogen (secondary N) is 6. The van der Waals surface area contributed by atoms with Gasteiger partial charge in [0.15, 0.2) is 28.9 Å². The first-order valence-electron chi connectivity index (χ1n) is 46.0. The van der Waals surface area contributed by atoms with Gasteiger partial charge in [0.2, 0.25) is 5.95 Å². The van der Waals surface area contributed by atoms with Crippen molar-refractivity contribution in [3.05, 3.63) is 370 Å². The molecule has 0 unspecified atom stereocenters. The molecule has 5 aliphatic carbocycles. The Hall–Kier alpha value is -16.4. The number of nitrogen functional groups attached to an aromatic ring is 2. The average molecular weight is 1860 g/mol. The summed E-state index contributed by atoms with van der Waals surface area (Å²) < 4.78 is 37.9. The van der Waals surface area contributed by atoms with Crippen LogP contribution in [0.5, 0.6) is 0 Å². The molecule has 28 heteroatoms. The van der Waals surface area contributed by atoms with Crippen LogP contribution in [0.1, 0.15) is 173 Å². The Morgan fingerprint density at radius 3 is 1.19 bits per heavy atom. The molecule has 19 aromatic rings. The fourth-order valence-electron chi connectivity index (χ4n) is 21.4. The van der Waals surface area contributed by atoms with Gasteiger partial charge in [-0.15, -0.1) is 0 Å². The van der Waals surface area contributed by atoms with E-state index in [9.17, 15) is 47.9 Å². The molecule has 11 aromatic heterocycles. The van der Waals surface area contributed by atoms with E-state index in [1.165, 1.54) is 83.5 Å². The van der Waals surface area contributed by atoms with Crippen LogP contribution in [0.3, 0.4) is 0 Å². The van der Waals surface area contributed by atoms with E-state index in [1.54, 1.807) is 117 Å². The van der Waals surface area contributed by atoms with Crippen LogP contribution in [0.2, 0.25) is 5.02 Å². The molecule has 138 heavy (non-hydrogen) atoms. The zero-order valence-corrected chi connectivity index (χ0v) is 76.4. The normalized spacial score (nSPS) is 13.4. The molecule has 0 aliphatic heterocycles. The number of fused-ring (bicyclic) bond motifs is 12. The number of aromatic amines is 6. The number of nitrogens with zero attached hydrogens (tertiary/aromatic N) is 7. The van der Waals surface area contributed by atoms with Gasteiger partial charge in [0.25, 0.3) is 27.8 Å². The van der Waals surface area contributed by atoms with Crippen molar-refractivity contribution in [1.29, 1.82) is 0 Å². The number of hydrogen-bond acceptors (Lipinski definition) is 15. The fourth-order valence-corrected chi connectivity index (χ4v) is 21.6. The molecule has 0 atom stereocenters. The lowest BCUT2D eigenvalue weighted by Gasteiger charge is -2.15. The predicted octanol–water partition coefficient (Wildman–Crippen LogP) is 18.8. The number of aromatic nitrogens is 13. The molecule has 25 nitrogen and oxygen atoms in total. The number of carbonyl (C=O) groups excluding carboxylic acids is 5. The molecule has 5 aliphatic rings. The van der Waals surface area contributed by atoms with Gasteiger partial charge in [-0.05, 0) is 284 Å². The van der Waals surface area contributed by atoms with Gasteiger partial charge in [0.1, 0.15) is 17.5 Å².